The van der Waals surface area contributed by atoms with Gasteiger partial charge in [-0.2, -0.15) is 0 Å². The summed E-state index contributed by atoms with van der Waals surface area (Å²) < 4.78 is 19.7. The highest BCUT2D eigenvalue weighted by molar-refractivity contribution is 5.79. The molecule has 0 heterocycles. The number of allylic oxidation sites excluding steroid dienone is 1. The molecule has 1 N–H and O–H groups in total. The summed E-state index contributed by atoms with van der Waals surface area (Å²) in [4.78, 5) is 10.4. The lowest BCUT2D eigenvalue weighted by Gasteiger charge is -2.12. The Balaban J connectivity index is 2.11. The highest BCUT2D eigenvalue weighted by atomic mass is 19.1. The number of carboxylic acid groups (broad SMARTS) is 1. The van der Waals surface area contributed by atoms with E-state index in [0.717, 1.165) is 23.6 Å². The van der Waals surface area contributed by atoms with Gasteiger partial charge in [-0.3, -0.25) is 0 Å². The minimum absolute atomic E-state index is 0.0320. The molecule has 0 unspecified atom stereocenters. The number of rotatable bonds is 7. The molecular weight excluding hydrogens is 307 g/mol. The molecule has 0 aliphatic carbocycles. The maximum atomic E-state index is 14.1. The SMILES string of the molecule is CC(C)Oc1ccc(F)c(-c2ccc(CC/C=C/C(=O)O)cc2)c1. The Kier molecular flexibility index (Phi) is 6.13. The Bertz CT molecular complexity index is 718. The van der Waals surface area contributed by atoms with Crippen LogP contribution >= 0.6 is 0 Å². The molecule has 0 aliphatic heterocycles. The first-order chi connectivity index (χ1) is 11.5. The zero-order valence-corrected chi connectivity index (χ0v) is 13.8. The molecule has 126 valence electrons. The van der Waals surface area contributed by atoms with E-state index in [2.05, 4.69) is 0 Å². The zero-order chi connectivity index (χ0) is 17.5. The molecule has 0 radical (unpaired) electrons. The van der Waals surface area contributed by atoms with E-state index in [9.17, 15) is 9.18 Å². The van der Waals surface area contributed by atoms with E-state index in [0.29, 0.717) is 17.7 Å². The van der Waals surface area contributed by atoms with Crippen molar-refractivity contribution in [2.24, 2.45) is 0 Å². The van der Waals surface area contributed by atoms with Crippen molar-refractivity contribution in [3.8, 4) is 16.9 Å². The Morgan fingerprint density at radius 2 is 1.92 bits per heavy atom. The summed E-state index contributed by atoms with van der Waals surface area (Å²) in [7, 11) is 0. The predicted molar refractivity (Wildman–Crippen MR) is 92.7 cm³/mol. The third-order valence-corrected chi connectivity index (χ3v) is 3.43. The molecule has 24 heavy (non-hydrogen) atoms. The lowest BCUT2D eigenvalue weighted by molar-refractivity contribution is -0.131. The molecule has 0 atom stereocenters. The number of ether oxygens (including phenoxy) is 1. The smallest absolute Gasteiger partial charge is 0.327 e. The maximum absolute atomic E-state index is 14.1. The van der Waals surface area contributed by atoms with E-state index in [-0.39, 0.29) is 11.9 Å². The summed E-state index contributed by atoms with van der Waals surface area (Å²) in [5, 5.41) is 8.54. The third-order valence-electron chi connectivity index (χ3n) is 3.43. The van der Waals surface area contributed by atoms with E-state index in [1.165, 1.54) is 6.07 Å². The van der Waals surface area contributed by atoms with Crippen LogP contribution < -0.4 is 4.74 Å². The van der Waals surface area contributed by atoms with Crippen LogP contribution in [0.5, 0.6) is 5.75 Å². The number of carbonyl (C=O) groups is 1. The molecule has 0 bridgehead atoms. The summed E-state index contributed by atoms with van der Waals surface area (Å²) >= 11 is 0. The standard InChI is InChI=1S/C20H21FO3/c1-14(2)24-17-11-12-19(21)18(13-17)16-9-7-15(8-10-16)5-3-4-6-20(22)23/h4,6-14H,3,5H2,1-2H3,(H,22,23)/b6-4+. The summed E-state index contributed by atoms with van der Waals surface area (Å²) in [5.41, 5.74) is 2.36. The van der Waals surface area contributed by atoms with E-state index >= 15 is 0 Å². The minimum Gasteiger partial charge on any atom is -0.491 e. The van der Waals surface area contributed by atoms with Crippen molar-refractivity contribution in [2.45, 2.75) is 32.8 Å². The Morgan fingerprint density at radius 1 is 1.21 bits per heavy atom. The Labute approximate surface area is 141 Å². The number of hydrogen-bond donors (Lipinski definition) is 1. The second-order valence-electron chi connectivity index (χ2n) is 5.78. The quantitative estimate of drug-likeness (QED) is 0.739. The summed E-state index contributed by atoms with van der Waals surface area (Å²) in [6.45, 7) is 3.85. The maximum Gasteiger partial charge on any atom is 0.327 e. The van der Waals surface area contributed by atoms with Gasteiger partial charge < -0.3 is 9.84 Å². The van der Waals surface area contributed by atoms with Crippen molar-refractivity contribution < 1.29 is 19.0 Å². The van der Waals surface area contributed by atoms with Gasteiger partial charge in [-0.05, 0) is 56.0 Å². The lowest BCUT2D eigenvalue weighted by Crippen LogP contribution is -2.05. The lowest BCUT2D eigenvalue weighted by atomic mass is 10.0. The van der Waals surface area contributed by atoms with Gasteiger partial charge in [0, 0.05) is 11.6 Å². The van der Waals surface area contributed by atoms with E-state index in [1.54, 1.807) is 18.2 Å². The number of carboxylic acids is 1. The molecule has 4 heteroatoms. The van der Waals surface area contributed by atoms with Crippen LogP contribution in [-0.2, 0) is 11.2 Å². The van der Waals surface area contributed by atoms with E-state index in [1.807, 2.05) is 38.1 Å². The van der Waals surface area contributed by atoms with E-state index < -0.39 is 5.97 Å². The Hall–Kier alpha value is -2.62. The van der Waals surface area contributed by atoms with Crippen LogP contribution in [0.2, 0.25) is 0 Å². The number of aliphatic carboxylic acids is 1. The van der Waals surface area contributed by atoms with Gasteiger partial charge in [-0.15, -0.1) is 0 Å². The second-order valence-corrected chi connectivity index (χ2v) is 5.78. The topological polar surface area (TPSA) is 46.5 Å². The Morgan fingerprint density at radius 3 is 2.54 bits per heavy atom. The molecule has 0 spiro atoms. The number of hydrogen-bond acceptors (Lipinski definition) is 2. The second kappa shape index (κ2) is 8.29. The highest BCUT2D eigenvalue weighted by Crippen LogP contribution is 2.28. The van der Waals surface area contributed by atoms with Crippen molar-refractivity contribution in [3.63, 3.8) is 0 Å². The van der Waals surface area contributed by atoms with Crippen molar-refractivity contribution in [3.05, 3.63) is 66.0 Å². The molecule has 2 aromatic carbocycles. The van der Waals surface area contributed by atoms with Crippen LogP contribution in [0, 0.1) is 5.82 Å². The van der Waals surface area contributed by atoms with Gasteiger partial charge in [-0.25, -0.2) is 9.18 Å². The summed E-state index contributed by atoms with van der Waals surface area (Å²) in [6, 6.07) is 12.3. The molecule has 0 aromatic heterocycles. The summed E-state index contributed by atoms with van der Waals surface area (Å²) in [5.74, 6) is -0.586. The van der Waals surface area contributed by atoms with Crippen molar-refractivity contribution in [1.29, 1.82) is 0 Å². The largest absolute Gasteiger partial charge is 0.491 e. The molecule has 0 aliphatic rings. The fourth-order valence-electron chi connectivity index (χ4n) is 2.36. The number of halogens is 1. The number of benzene rings is 2. The normalized spacial score (nSPS) is 11.2. The zero-order valence-electron chi connectivity index (χ0n) is 13.8. The fraction of sp³-hybridized carbons (Fsp3) is 0.250. The first-order valence-electron chi connectivity index (χ1n) is 7.90. The molecule has 0 saturated carbocycles. The van der Waals surface area contributed by atoms with Crippen molar-refractivity contribution in [1.82, 2.24) is 0 Å². The van der Waals surface area contributed by atoms with Crippen LogP contribution in [0.1, 0.15) is 25.8 Å². The fourth-order valence-corrected chi connectivity index (χ4v) is 2.36. The molecule has 3 nitrogen and oxygen atoms in total. The number of aryl methyl sites for hydroxylation is 1. The minimum atomic E-state index is -0.940. The van der Waals surface area contributed by atoms with Gasteiger partial charge in [0.25, 0.3) is 0 Å². The van der Waals surface area contributed by atoms with Gasteiger partial charge in [-0.1, -0.05) is 30.3 Å². The van der Waals surface area contributed by atoms with Crippen molar-refractivity contribution >= 4 is 5.97 Å². The average Bonchev–Trinajstić information content (AvgIpc) is 2.53. The van der Waals surface area contributed by atoms with Crippen LogP contribution in [0.3, 0.4) is 0 Å². The van der Waals surface area contributed by atoms with Crippen LogP contribution in [-0.4, -0.2) is 17.2 Å². The monoisotopic (exact) mass is 328 g/mol. The molecule has 2 rings (SSSR count). The highest BCUT2D eigenvalue weighted by Gasteiger charge is 2.08. The predicted octanol–water partition coefficient (Wildman–Crippen LogP) is 4.85. The van der Waals surface area contributed by atoms with Gasteiger partial charge in [0.05, 0.1) is 6.10 Å². The third kappa shape index (κ3) is 5.23. The van der Waals surface area contributed by atoms with Crippen LogP contribution in [0.15, 0.2) is 54.6 Å². The molecule has 0 saturated heterocycles. The molecule has 0 fully saturated rings. The molecule has 0 amide bonds. The van der Waals surface area contributed by atoms with Gasteiger partial charge >= 0.3 is 5.97 Å². The average molecular weight is 328 g/mol. The first kappa shape index (κ1) is 17.7. The van der Waals surface area contributed by atoms with Gasteiger partial charge in [0.15, 0.2) is 0 Å². The van der Waals surface area contributed by atoms with E-state index in [4.69, 9.17) is 9.84 Å². The molecule has 2 aromatic rings. The summed E-state index contributed by atoms with van der Waals surface area (Å²) in [6.07, 6.45) is 4.19. The van der Waals surface area contributed by atoms with Crippen LogP contribution in [0.4, 0.5) is 4.39 Å². The van der Waals surface area contributed by atoms with Gasteiger partial charge in [0.1, 0.15) is 11.6 Å². The first-order valence-corrected chi connectivity index (χ1v) is 7.90. The molecular formula is C20H21FO3. The van der Waals surface area contributed by atoms with Crippen molar-refractivity contribution in [2.75, 3.05) is 0 Å². The van der Waals surface area contributed by atoms with Crippen LogP contribution in [0.25, 0.3) is 11.1 Å². The van der Waals surface area contributed by atoms with Gasteiger partial charge in [0.2, 0.25) is 0 Å².